The molecule has 7 rings (SSSR count). The Morgan fingerprint density at radius 1 is 0.585 bits per heavy atom. The van der Waals surface area contributed by atoms with Crippen molar-refractivity contribution >= 4 is 67.3 Å². The van der Waals surface area contributed by atoms with Crippen LogP contribution in [-0.2, 0) is 17.4 Å². The number of carbonyl (C=O) groups is 1. The van der Waals surface area contributed by atoms with E-state index in [1.165, 1.54) is 60.9 Å². The van der Waals surface area contributed by atoms with E-state index in [2.05, 4.69) is 193 Å². The number of ketones is 1. The van der Waals surface area contributed by atoms with E-state index in [1.807, 2.05) is 55.5 Å². The van der Waals surface area contributed by atoms with Crippen LogP contribution in [0.3, 0.4) is 0 Å². The van der Waals surface area contributed by atoms with Gasteiger partial charge in [-0.1, -0.05) is 90.0 Å². The van der Waals surface area contributed by atoms with Crippen molar-refractivity contribution in [1.29, 1.82) is 0 Å². The number of fused-ring (bicyclic) bond motifs is 2. The van der Waals surface area contributed by atoms with Gasteiger partial charge in [0.05, 0.1) is 0 Å². The number of carbonyl (C=O) groups excluding carboxylic acids is 1. The molecule has 65 heavy (non-hydrogen) atoms. The predicted octanol–water partition coefficient (Wildman–Crippen LogP) is 12.8. The smallest absolute Gasteiger partial charge is 0.339 e. The molecule has 0 atom stereocenters. The van der Waals surface area contributed by atoms with Crippen LogP contribution in [0.25, 0.3) is 5.57 Å². The van der Waals surface area contributed by atoms with E-state index >= 15 is 0 Å². The maximum absolute atomic E-state index is 12.4. The van der Waals surface area contributed by atoms with Gasteiger partial charge in [0.1, 0.15) is 0 Å². The van der Waals surface area contributed by atoms with Crippen LogP contribution < -0.4 is 25.0 Å². The van der Waals surface area contributed by atoms with Gasteiger partial charge < -0.3 is 14.7 Å². The highest BCUT2D eigenvalue weighted by atomic mass is 36.0. The van der Waals surface area contributed by atoms with Crippen LogP contribution in [0, 0.1) is 13.8 Å². The number of rotatable bonds is 14. The lowest BCUT2D eigenvalue weighted by molar-refractivity contribution is 0.103. The second kappa shape index (κ2) is 24.7. The Morgan fingerprint density at radius 3 is 1.49 bits per heavy atom. The van der Waals surface area contributed by atoms with Crippen LogP contribution in [0.5, 0.6) is 0 Å². The molecule has 0 amide bonds. The molecule has 6 aromatic carbocycles. The van der Waals surface area contributed by atoms with Gasteiger partial charge >= 0.3 is 5.20 Å². The van der Waals surface area contributed by atoms with Crippen LogP contribution in [0.4, 0.5) is 17.1 Å². The topological polar surface area (TPSA) is 46.9 Å². The van der Waals surface area contributed by atoms with Crippen LogP contribution >= 0.6 is 38.9 Å². The summed E-state index contributed by atoms with van der Waals surface area (Å²) < 4.78 is 12.1. The van der Waals surface area contributed by atoms with Gasteiger partial charge in [-0.2, -0.15) is 4.58 Å². The molecule has 6 aromatic rings. The van der Waals surface area contributed by atoms with Crippen molar-refractivity contribution in [2.45, 2.75) is 60.8 Å². The molecule has 0 saturated heterocycles. The van der Waals surface area contributed by atoms with E-state index in [0.29, 0.717) is 0 Å². The standard InChI is InChI=1S/C37H44N3.C18H21NO.Cl3OP/c1-6-39(7-2)34-22-19-31(20-23-34)37(30-15-13-28(3)14-16-30)33-21-24-36-32(27-33)18-17-29-11-8-9-12-35(29)40(36)26-10-25-38(4)5;1-4-19(5-2)17-12-10-16(11-13-17)18(20)15-8-6-14(3)7-9-15;1-5(2,3)4/h8-9,11-16,19-24,27H,6-7,10,17-18,25-26H2,1-5H3;6-13H,4-5H2,1-3H3;/q+1;;. The summed E-state index contributed by atoms with van der Waals surface area (Å²) in [5.74, 6) is 0.0797. The molecule has 10 heteroatoms. The average Bonchev–Trinajstić information content (AvgIpc) is 3.45. The number of halogens is 3. The summed E-state index contributed by atoms with van der Waals surface area (Å²) in [4.78, 5) is 19.3. The summed E-state index contributed by atoms with van der Waals surface area (Å²) in [7, 11) is 4.32. The number of nitrogens with zero attached hydrogens (tertiary/aromatic N) is 4. The fourth-order valence-corrected chi connectivity index (χ4v) is 8.31. The number of benzene rings is 6. The average molecular weight is 951 g/mol. The molecule has 0 aliphatic carbocycles. The molecule has 1 aliphatic heterocycles. The van der Waals surface area contributed by atoms with Crippen molar-refractivity contribution in [2.75, 3.05) is 63.2 Å². The third-order valence-electron chi connectivity index (χ3n) is 11.8. The van der Waals surface area contributed by atoms with Crippen molar-refractivity contribution < 1.29 is 9.36 Å². The summed E-state index contributed by atoms with van der Waals surface area (Å²) in [5, 5.41) is -0.579. The molecule has 0 N–H and O–H groups in total. The van der Waals surface area contributed by atoms with Gasteiger partial charge in [-0.25, -0.2) is 0 Å². The van der Waals surface area contributed by atoms with E-state index in [1.54, 1.807) is 0 Å². The minimum Gasteiger partial charge on any atom is -0.372 e. The maximum atomic E-state index is 12.4. The van der Waals surface area contributed by atoms with Gasteiger partial charge in [-0.05, 0) is 173 Å². The molecular weight excluding hydrogens is 886 g/mol. The molecule has 0 spiro atoms. The lowest BCUT2D eigenvalue weighted by Crippen LogP contribution is -2.31. The Labute approximate surface area is 402 Å². The zero-order chi connectivity index (χ0) is 47.1. The zero-order valence-electron chi connectivity index (χ0n) is 39.3. The van der Waals surface area contributed by atoms with Crippen molar-refractivity contribution in [2.24, 2.45) is 0 Å². The monoisotopic (exact) mass is 949 g/mol. The molecule has 0 unspecified atom stereocenters. The molecule has 6 nitrogen and oxygen atoms in total. The highest BCUT2D eigenvalue weighted by Gasteiger charge is 2.22. The number of hydrogen-bond donors (Lipinski definition) is 0. The molecule has 0 aromatic heterocycles. The van der Waals surface area contributed by atoms with Gasteiger partial charge in [0.2, 0.25) is 11.0 Å². The Kier molecular flexibility index (Phi) is 19.5. The Bertz CT molecular complexity index is 2630. The SMILES string of the molecule is CCN(CC)c1ccc(C(=O)c2ccc(C)cc2)cc1.CCN(CC)c1ccc(C(c2ccc(C)cc2)=c2ccc3c(c2)CCc2ccccc2[N+]=3CCCN(C)C)cc1.O=P(Cl)(Cl)Cl. The zero-order valence-corrected chi connectivity index (χ0v) is 42.5. The van der Waals surface area contributed by atoms with Gasteiger partial charge in [-0.3, -0.25) is 9.36 Å². The molecule has 1 aliphatic rings. The van der Waals surface area contributed by atoms with Crippen molar-refractivity contribution in [3.8, 4) is 0 Å². The van der Waals surface area contributed by atoms with Crippen LogP contribution in [-0.4, -0.2) is 64.0 Å². The Morgan fingerprint density at radius 2 is 1.02 bits per heavy atom. The summed E-state index contributed by atoms with van der Waals surface area (Å²) in [6, 6.07) is 49.9. The van der Waals surface area contributed by atoms with Gasteiger partial charge in [0, 0.05) is 84.9 Å². The fraction of sp³-hybridized carbons (Fsp3) is 0.309. The predicted molar refractivity (Wildman–Crippen MR) is 281 cm³/mol. The van der Waals surface area contributed by atoms with E-state index in [4.69, 9.17) is 0 Å². The van der Waals surface area contributed by atoms with Gasteiger partial charge in [0.15, 0.2) is 12.3 Å². The molecule has 342 valence electrons. The lowest BCUT2D eigenvalue weighted by atomic mass is 9.93. The van der Waals surface area contributed by atoms with Crippen LogP contribution in [0.2, 0.25) is 0 Å². The number of para-hydroxylation sites is 1. The number of hydrogen-bond acceptors (Lipinski definition) is 5. The number of aryl methyl sites for hydroxylation is 4. The minimum absolute atomic E-state index is 0.0797. The molecular formula is C55H65Cl3N4O2P+. The minimum atomic E-state index is -3.22. The maximum Gasteiger partial charge on any atom is 0.339 e. The quantitative estimate of drug-likeness (QED) is 0.0618. The highest BCUT2D eigenvalue weighted by molar-refractivity contribution is 8.24. The summed E-state index contributed by atoms with van der Waals surface area (Å²) in [6.07, 6.45) is 3.24. The van der Waals surface area contributed by atoms with E-state index < -0.39 is 5.20 Å². The van der Waals surface area contributed by atoms with E-state index in [0.717, 1.165) is 75.3 Å². The largest absolute Gasteiger partial charge is 0.372 e. The Balaban J connectivity index is 0.000000264. The van der Waals surface area contributed by atoms with Crippen molar-refractivity contribution in [3.63, 3.8) is 0 Å². The van der Waals surface area contributed by atoms with Gasteiger partial charge in [-0.15, -0.1) is 0 Å². The first-order valence-corrected chi connectivity index (χ1v) is 27.1. The van der Waals surface area contributed by atoms with Gasteiger partial charge in [0.25, 0.3) is 0 Å². The molecule has 1 heterocycles. The first-order chi connectivity index (χ1) is 31.1. The summed E-state index contributed by atoms with van der Waals surface area (Å²) in [6.45, 7) is 19.0. The number of anilines is 2. The first kappa shape index (κ1) is 51.3. The first-order valence-electron chi connectivity index (χ1n) is 22.7. The van der Waals surface area contributed by atoms with Crippen molar-refractivity contribution in [3.05, 3.63) is 195 Å². The molecule has 0 saturated carbocycles. The van der Waals surface area contributed by atoms with E-state index in [9.17, 15) is 9.36 Å². The third-order valence-corrected chi connectivity index (χ3v) is 11.8. The summed E-state index contributed by atoms with van der Waals surface area (Å²) in [5.41, 5.74) is 14.4. The molecule has 0 fully saturated rings. The Hall–Kier alpha value is -4.68. The highest BCUT2D eigenvalue weighted by Crippen LogP contribution is 2.61. The van der Waals surface area contributed by atoms with Crippen molar-refractivity contribution in [1.82, 2.24) is 9.48 Å². The third kappa shape index (κ3) is 14.9. The molecule has 0 bridgehead atoms. The lowest BCUT2D eigenvalue weighted by Gasteiger charge is -2.21. The van der Waals surface area contributed by atoms with E-state index in [-0.39, 0.29) is 5.78 Å². The fourth-order valence-electron chi connectivity index (χ4n) is 8.31. The summed E-state index contributed by atoms with van der Waals surface area (Å²) >= 11 is 13.8. The second-order valence-corrected chi connectivity index (χ2v) is 23.2. The normalized spacial score (nSPS) is 12.4. The van der Waals surface area contributed by atoms with Crippen LogP contribution in [0.1, 0.15) is 83.4 Å². The van der Waals surface area contributed by atoms with Crippen LogP contribution in [0.15, 0.2) is 140 Å². The second-order valence-electron chi connectivity index (χ2n) is 16.6. The molecule has 0 radical (unpaired) electrons.